The molecule has 0 aromatic carbocycles. The van der Waals surface area contributed by atoms with Crippen LogP contribution in [-0.4, -0.2) is 54.6 Å². The van der Waals surface area contributed by atoms with Crippen molar-refractivity contribution in [3.8, 4) is 0 Å². The van der Waals surface area contributed by atoms with Gasteiger partial charge in [0.05, 0.1) is 41.7 Å². The summed E-state index contributed by atoms with van der Waals surface area (Å²) in [7, 11) is 4.18. The summed E-state index contributed by atoms with van der Waals surface area (Å²) in [6, 6.07) is 0.291. The van der Waals surface area contributed by atoms with Crippen molar-refractivity contribution < 1.29 is 4.74 Å². The van der Waals surface area contributed by atoms with E-state index in [4.69, 9.17) is 4.74 Å². The number of nitrogens with one attached hydrogen (secondary N) is 1. The van der Waals surface area contributed by atoms with Gasteiger partial charge in [-0.15, -0.1) is 0 Å². The van der Waals surface area contributed by atoms with Gasteiger partial charge >= 0.3 is 0 Å². The smallest absolute Gasteiger partial charge is 0.0699 e. The van der Waals surface area contributed by atoms with E-state index >= 15 is 0 Å². The number of likely N-dealkylation sites (N-methyl/N-ethyl adjacent to an activating group) is 1. The molecular formula is C15H27BrN4O. The van der Waals surface area contributed by atoms with Crippen molar-refractivity contribution in [2.45, 2.75) is 39.0 Å². The van der Waals surface area contributed by atoms with Gasteiger partial charge in [0.25, 0.3) is 0 Å². The van der Waals surface area contributed by atoms with Crippen LogP contribution in [0.15, 0.2) is 10.7 Å². The Morgan fingerprint density at radius 2 is 2.33 bits per heavy atom. The van der Waals surface area contributed by atoms with Crippen LogP contribution in [0.25, 0.3) is 0 Å². The van der Waals surface area contributed by atoms with Crippen LogP contribution in [-0.2, 0) is 11.3 Å². The Hall–Kier alpha value is -0.430. The Bertz CT molecular complexity index is 449. The van der Waals surface area contributed by atoms with Crippen molar-refractivity contribution in [2.75, 3.05) is 33.8 Å². The predicted molar refractivity (Wildman–Crippen MR) is 88.4 cm³/mol. The van der Waals surface area contributed by atoms with E-state index in [0.29, 0.717) is 18.1 Å². The predicted octanol–water partition coefficient (Wildman–Crippen LogP) is 2.28. The van der Waals surface area contributed by atoms with Gasteiger partial charge in [-0.3, -0.25) is 4.68 Å². The van der Waals surface area contributed by atoms with Crippen LogP contribution in [0.2, 0.25) is 0 Å². The van der Waals surface area contributed by atoms with Crippen LogP contribution < -0.4 is 5.32 Å². The molecule has 21 heavy (non-hydrogen) atoms. The molecule has 3 atom stereocenters. The standard InChI is InChI=1S/C15H27BrN4O/c1-5-17-14(12-8-11(2)21-10-12)15-13(16)9-18-20(15)7-6-19(3)4/h9,11-12,14,17H,5-8,10H2,1-4H3. The second kappa shape index (κ2) is 7.72. The monoisotopic (exact) mass is 358 g/mol. The largest absolute Gasteiger partial charge is 0.378 e. The lowest BCUT2D eigenvalue weighted by atomic mass is 9.94. The topological polar surface area (TPSA) is 42.3 Å². The zero-order valence-electron chi connectivity index (χ0n) is 13.5. The van der Waals surface area contributed by atoms with Crippen LogP contribution >= 0.6 is 15.9 Å². The third-order valence-corrected chi connectivity index (χ3v) is 4.62. The van der Waals surface area contributed by atoms with E-state index in [2.05, 4.69) is 63.9 Å². The summed E-state index contributed by atoms with van der Waals surface area (Å²) >= 11 is 3.68. The second-order valence-corrected chi connectivity index (χ2v) is 6.93. The van der Waals surface area contributed by atoms with E-state index in [1.54, 1.807) is 0 Å². The molecule has 3 unspecified atom stereocenters. The zero-order valence-corrected chi connectivity index (χ0v) is 15.1. The van der Waals surface area contributed by atoms with Crippen molar-refractivity contribution in [1.82, 2.24) is 20.0 Å². The first-order valence-electron chi connectivity index (χ1n) is 7.73. The molecule has 5 nitrogen and oxygen atoms in total. The van der Waals surface area contributed by atoms with Crippen LogP contribution in [0.4, 0.5) is 0 Å². The van der Waals surface area contributed by atoms with Crippen molar-refractivity contribution >= 4 is 15.9 Å². The van der Waals surface area contributed by atoms with Gasteiger partial charge in [-0.1, -0.05) is 6.92 Å². The van der Waals surface area contributed by atoms with Crippen molar-refractivity contribution in [1.29, 1.82) is 0 Å². The highest BCUT2D eigenvalue weighted by atomic mass is 79.9. The first-order valence-corrected chi connectivity index (χ1v) is 8.53. The first kappa shape index (κ1) is 16.9. The van der Waals surface area contributed by atoms with Gasteiger partial charge in [0, 0.05) is 12.5 Å². The third-order valence-electron chi connectivity index (χ3n) is 4.01. The number of rotatable bonds is 7. The summed E-state index contributed by atoms with van der Waals surface area (Å²) in [5.41, 5.74) is 1.25. The molecule has 0 spiro atoms. The van der Waals surface area contributed by atoms with Crippen LogP contribution in [0.3, 0.4) is 0 Å². The first-order chi connectivity index (χ1) is 10.0. The second-order valence-electron chi connectivity index (χ2n) is 6.08. The highest BCUT2D eigenvalue weighted by Gasteiger charge is 2.33. The molecule has 1 aliphatic heterocycles. The number of hydrogen-bond donors (Lipinski definition) is 1. The fraction of sp³-hybridized carbons (Fsp3) is 0.800. The van der Waals surface area contributed by atoms with Crippen molar-refractivity contribution in [3.05, 3.63) is 16.4 Å². The van der Waals surface area contributed by atoms with E-state index in [9.17, 15) is 0 Å². The van der Waals surface area contributed by atoms with E-state index < -0.39 is 0 Å². The molecule has 2 heterocycles. The molecule has 0 radical (unpaired) electrons. The molecule has 1 saturated heterocycles. The van der Waals surface area contributed by atoms with Crippen LogP contribution in [0.1, 0.15) is 32.0 Å². The molecule has 1 fully saturated rings. The SMILES string of the molecule is CCNC(c1c(Br)cnn1CCN(C)C)C1COC(C)C1. The Balaban J connectivity index is 2.20. The highest BCUT2D eigenvalue weighted by Crippen LogP contribution is 2.35. The van der Waals surface area contributed by atoms with E-state index in [-0.39, 0.29) is 0 Å². The average molecular weight is 359 g/mol. The summed E-state index contributed by atoms with van der Waals surface area (Å²) in [6.07, 6.45) is 3.37. The van der Waals surface area contributed by atoms with E-state index in [1.165, 1.54) is 5.69 Å². The Kier molecular flexibility index (Phi) is 6.22. The van der Waals surface area contributed by atoms with Gasteiger partial charge in [-0.2, -0.15) is 5.10 Å². The molecule has 1 aliphatic rings. The minimum Gasteiger partial charge on any atom is -0.378 e. The maximum atomic E-state index is 5.78. The van der Waals surface area contributed by atoms with E-state index in [0.717, 1.165) is 37.1 Å². The zero-order chi connectivity index (χ0) is 15.4. The summed E-state index contributed by atoms with van der Waals surface area (Å²) in [5, 5.41) is 8.18. The van der Waals surface area contributed by atoms with Crippen LogP contribution in [0, 0.1) is 5.92 Å². The number of aromatic nitrogens is 2. The van der Waals surface area contributed by atoms with Gasteiger partial charge < -0.3 is 15.0 Å². The van der Waals surface area contributed by atoms with Crippen LogP contribution in [0.5, 0.6) is 0 Å². The molecule has 0 bridgehead atoms. The lowest BCUT2D eigenvalue weighted by Gasteiger charge is -2.25. The molecular weight excluding hydrogens is 332 g/mol. The molecule has 6 heteroatoms. The lowest BCUT2D eigenvalue weighted by Crippen LogP contribution is -2.32. The summed E-state index contributed by atoms with van der Waals surface area (Å²) in [6.45, 7) is 7.96. The van der Waals surface area contributed by atoms with Gasteiger partial charge in [0.15, 0.2) is 0 Å². The molecule has 2 rings (SSSR count). The molecule has 1 aromatic heterocycles. The Labute approximate surface area is 136 Å². The number of nitrogens with zero attached hydrogens (tertiary/aromatic N) is 3. The Morgan fingerprint density at radius 3 is 2.90 bits per heavy atom. The average Bonchev–Trinajstić information content (AvgIpc) is 3.00. The van der Waals surface area contributed by atoms with Crippen molar-refractivity contribution in [2.24, 2.45) is 5.92 Å². The molecule has 0 amide bonds. The summed E-state index contributed by atoms with van der Waals surface area (Å²) < 4.78 is 8.99. The molecule has 120 valence electrons. The number of halogens is 1. The Morgan fingerprint density at radius 1 is 1.57 bits per heavy atom. The van der Waals surface area contributed by atoms with Crippen molar-refractivity contribution in [3.63, 3.8) is 0 Å². The molecule has 1 N–H and O–H groups in total. The summed E-state index contributed by atoms with van der Waals surface area (Å²) in [4.78, 5) is 2.18. The minimum absolute atomic E-state index is 0.291. The number of hydrogen-bond acceptors (Lipinski definition) is 4. The fourth-order valence-corrected chi connectivity index (χ4v) is 3.49. The van der Waals surface area contributed by atoms with E-state index in [1.807, 2.05) is 6.20 Å². The lowest BCUT2D eigenvalue weighted by molar-refractivity contribution is 0.116. The normalized spacial score (nSPS) is 23.9. The minimum atomic E-state index is 0.291. The van der Waals surface area contributed by atoms with Gasteiger partial charge in [0.2, 0.25) is 0 Å². The molecule has 1 aromatic rings. The van der Waals surface area contributed by atoms with Gasteiger partial charge in [0.1, 0.15) is 0 Å². The maximum absolute atomic E-state index is 5.78. The molecule has 0 aliphatic carbocycles. The fourth-order valence-electron chi connectivity index (χ4n) is 2.94. The number of ether oxygens (including phenoxy) is 1. The quantitative estimate of drug-likeness (QED) is 0.811. The highest BCUT2D eigenvalue weighted by molar-refractivity contribution is 9.10. The maximum Gasteiger partial charge on any atom is 0.0699 e. The molecule has 0 saturated carbocycles. The summed E-state index contributed by atoms with van der Waals surface area (Å²) in [5.74, 6) is 0.506. The van der Waals surface area contributed by atoms with Gasteiger partial charge in [-0.25, -0.2) is 0 Å². The third kappa shape index (κ3) is 4.28. The van der Waals surface area contributed by atoms with Gasteiger partial charge in [-0.05, 0) is 49.9 Å².